The van der Waals surface area contributed by atoms with Gasteiger partial charge in [0.1, 0.15) is 4.90 Å². The first-order valence-corrected chi connectivity index (χ1v) is 8.63. The van der Waals surface area contributed by atoms with Crippen LogP contribution < -0.4 is 5.32 Å². The zero-order valence-electron chi connectivity index (χ0n) is 13.5. The fourth-order valence-corrected chi connectivity index (χ4v) is 4.13. The van der Waals surface area contributed by atoms with Crippen molar-refractivity contribution in [1.29, 1.82) is 0 Å². The molecule has 0 bridgehead atoms. The molecule has 1 atom stereocenters. The molecule has 120 valence electrons. The second-order valence-corrected chi connectivity index (χ2v) is 7.08. The fourth-order valence-electron chi connectivity index (χ4n) is 2.39. The van der Waals surface area contributed by atoms with Crippen molar-refractivity contribution in [2.75, 3.05) is 39.0 Å². The van der Waals surface area contributed by atoms with Crippen LogP contribution in [0, 0.1) is 0 Å². The summed E-state index contributed by atoms with van der Waals surface area (Å²) in [7, 11) is 0.304. The quantitative estimate of drug-likeness (QED) is 0.787. The van der Waals surface area contributed by atoms with Crippen molar-refractivity contribution in [2.24, 2.45) is 0 Å². The Morgan fingerprint density at radius 2 is 2.00 bits per heavy atom. The number of aromatic nitrogens is 1. The maximum absolute atomic E-state index is 12.9. The van der Waals surface area contributed by atoms with Crippen LogP contribution in [-0.2, 0) is 10.0 Å². The Morgan fingerprint density at radius 3 is 2.52 bits per heavy atom. The van der Waals surface area contributed by atoms with Gasteiger partial charge in [0.2, 0.25) is 10.0 Å². The van der Waals surface area contributed by atoms with Crippen LogP contribution in [0.1, 0.15) is 20.8 Å². The Bertz CT molecular complexity index is 546. The number of nitrogens with zero attached hydrogens (tertiary/aromatic N) is 3. The Morgan fingerprint density at radius 1 is 1.33 bits per heavy atom. The van der Waals surface area contributed by atoms with Crippen molar-refractivity contribution in [3.8, 4) is 0 Å². The highest BCUT2D eigenvalue weighted by Gasteiger charge is 2.30. The molecular formula is C14H26N4O2S. The summed E-state index contributed by atoms with van der Waals surface area (Å²) in [5.74, 6) is 0. The van der Waals surface area contributed by atoms with Gasteiger partial charge in [0.25, 0.3) is 0 Å². The minimum atomic E-state index is -3.57. The summed E-state index contributed by atoms with van der Waals surface area (Å²) in [5, 5.41) is 3.08. The summed E-state index contributed by atoms with van der Waals surface area (Å²) in [6, 6.07) is 1.59. The Kier molecular flexibility index (Phi) is 6.57. The van der Waals surface area contributed by atoms with Gasteiger partial charge in [0, 0.05) is 38.1 Å². The van der Waals surface area contributed by atoms with Gasteiger partial charge in [-0.2, -0.15) is 4.31 Å². The van der Waals surface area contributed by atoms with E-state index in [9.17, 15) is 8.42 Å². The SMILES string of the molecule is CCNc1ccncc1S(=O)(=O)N(CC)C(C)CN(C)C. The molecule has 0 aromatic carbocycles. The minimum absolute atomic E-state index is 0.107. The smallest absolute Gasteiger partial charge is 0.246 e. The summed E-state index contributed by atoms with van der Waals surface area (Å²) < 4.78 is 27.3. The number of rotatable bonds is 8. The lowest BCUT2D eigenvalue weighted by Crippen LogP contribution is -2.43. The highest BCUT2D eigenvalue weighted by atomic mass is 32.2. The molecule has 0 fully saturated rings. The second kappa shape index (κ2) is 7.72. The topological polar surface area (TPSA) is 65.5 Å². The van der Waals surface area contributed by atoms with Crippen molar-refractivity contribution in [3.63, 3.8) is 0 Å². The summed E-state index contributed by atoms with van der Waals surface area (Å²) in [6.07, 6.45) is 3.01. The molecule has 0 saturated heterocycles. The van der Waals surface area contributed by atoms with Crippen molar-refractivity contribution in [2.45, 2.75) is 31.7 Å². The Balaban J connectivity index is 3.19. The van der Waals surface area contributed by atoms with Gasteiger partial charge in [-0.3, -0.25) is 4.98 Å². The van der Waals surface area contributed by atoms with Crippen molar-refractivity contribution in [1.82, 2.24) is 14.2 Å². The number of pyridine rings is 1. The van der Waals surface area contributed by atoms with Gasteiger partial charge in [0.05, 0.1) is 5.69 Å². The molecule has 0 amide bonds. The van der Waals surface area contributed by atoms with E-state index < -0.39 is 10.0 Å². The molecule has 1 aromatic heterocycles. The monoisotopic (exact) mass is 314 g/mol. The van der Waals surface area contributed by atoms with E-state index in [2.05, 4.69) is 10.3 Å². The molecule has 0 aliphatic heterocycles. The van der Waals surface area contributed by atoms with Gasteiger partial charge in [-0.15, -0.1) is 0 Å². The van der Waals surface area contributed by atoms with Gasteiger partial charge < -0.3 is 10.2 Å². The maximum Gasteiger partial charge on any atom is 0.246 e. The molecule has 0 radical (unpaired) electrons. The number of hydrogen-bond acceptors (Lipinski definition) is 5. The van der Waals surface area contributed by atoms with E-state index >= 15 is 0 Å². The minimum Gasteiger partial charge on any atom is -0.384 e. The molecule has 1 unspecified atom stereocenters. The van der Waals surface area contributed by atoms with Gasteiger partial charge in [-0.05, 0) is 34.0 Å². The summed E-state index contributed by atoms with van der Waals surface area (Å²) in [4.78, 5) is 6.19. The molecule has 0 aliphatic carbocycles. The first-order chi connectivity index (χ1) is 9.84. The standard InChI is InChI=1S/C14H26N4O2S/c1-6-16-13-8-9-15-10-14(13)21(19,20)18(7-2)12(3)11-17(4)5/h8-10,12H,6-7,11H2,1-5H3,(H,15,16). The number of anilines is 1. The van der Waals surface area contributed by atoms with Gasteiger partial charge in [-0.25, -0.2) is 8.42 Å². The number of hydrogen-bond donors (Lipinski definition) is 1. The van der Waals surface area contributed by atoms with Crippen LogP contribution in [0.25, 0.3) is 0 Å². The van der Waals surface area contributed by atoms with Crippen LogP contribution in [0.5, 0.6) is 0 Å². The first kappa shape index (κ1) is 17.9. The Labute approximate surface area is 128 Å². The number of nitrogens with one attached hydrogen (secondary N) is 1. The first-order valence-electron chi connectivity index (χ1n) is 7.19. The summed E-state index contributed by atoms with van der Waals surface area (Å²) in [6.45, 7) is 7.47. The summed E-state index contributed by atoms with van der Waals surface area (Å²) in [5.41, 5.74) is 0.600. The average molecular weight is 314 g/mol. The lowest BCUT2D eigenvalue weighted by molar-refractivity contribution is 0.271. The van der Waals surface area contributed by atoms with E-state index in [-0.39, 0.29) is 10.9 Å². The van der Waals surface area contributed by atoms with Crippen molar-refractivity contribution in [3.05, 3.63) is 18.5 Å². The van der Waals surface area contributed by atoms with E-state index in [1.54, 1.807) is 12.3 Å². The van der Waals surface area contributed by atoms with Gasteiger partial charge >= 0.3 is 0 Å². The zero-order chi connectivity index (χ0) is 16.0. The third-order valence-corrected chi connectivity index (χ3v) is 5.29. The zero-order valence-corrected chi connectivity index (χ0v) is 14.3. The highest BCUT2D eigenvalue weighted by molar-refractivity contribution is 7.89. The molecule has 1 N–H and O–H groups in total. The normalized spacial score (nSPS) is 13.7. The third-order valence-electron chi connectivity index (χ3n) is 3.17. The number of sulfonamides is 1. The van der Waals surface area contributed by atoms with E-state index in [0.717, 1.165) is 0 Å². The molecule has 1 heterocycles. The predicted octanol–water partition coefficient (Wildman–Crippen LogP) is 1.47. The largest absolute Gasteiger partial charge is 0.384 e. The molecule has 0 aliphatic rings. The lowest BCUT2D eigenvalue weighted by atomic mass is 10.3. The van der Waals surface area contributed by atoms with Crippen LogP contribution in [0.2, 0.25) is 0 Å². The van der Waals surface area contributed by atoms with E-state index in [0.29, 0.717) is 25.3 Å². The van der Waals surface area contributed by atoms with Crippen molar-refractivity contribution < 1.29 is 8.42 Å². The highest BCUT2D eigenvalue weighted by Crippen LogP contribution is 2.24. The van der Waals surface area contributed by atoms with Gasteiger partial charge in [0.15, 0.2) is 0 Å². The predicted molar refractivity (Wildman–Crippen MR) is 86.0 cm³/mol. The average Bonchev–Trinajstić information content (AvgIpc) is 2.39. The second-order valence-electron chi connectivity index (χ2n) is 5.22. The van der Waals surface area contributed by atoms with Crippen molar-refractivity contribution >= 4 is 15.7 Å². The van der Waals surface area contributed by atoms with E-state index in [4.69, 9.17) is 0 Å². The van der Waals surface area contributed by atoms with Crippen LogP contribution in [0.15, 0.2) is 23.4 Å². The van der Waals surface area contributed by atoms with Gasteiger partial charge in [-0.1, -0.05) is 6.92 Å². The lowest BCUT2D eigenvalue weighted by Gasteiger charge is -2.29. The van der Waals surface area contributed by atoms with Crippen LogP contribution in [0.4, 0.5) is 5.69 Å². The van der Waals surface area contributed by atoms with Crippen LogP contribution in [-0.4, -0.2) is 62.4 Å². The molecule has 1 aromatic rings. The van der Waals surface area contributed by atoms with Crippen LogP contribution in [0.3, 0.4) is 0 Å². The molecule has 7 heteroatoms. The number of likely N-dealkylation sites (N-methyl/N-ethyl adjacent to an activating group) is 2. The van der Waals surface area contributed by atoms with E-state index in [1.807, 2.05) is 39.8 Å². The molecule has 21 heavy (non-hydrogen) atoms. The molecule has 0 saturated carbocycles. The fraction of sp³-hybridized carbons (Fsp3) is 0.643. The third kappa shape index (κ3) is 4.39. The molecule has 0 spiro atoms. The maximum atomic E-state index is 12.9. The Hall–Kier alpha value is -1.18. The summed E-state index contributed by atoms with van der Waals surface area (Å²) >= 11 is 0. The molecule has 6 nitrogen and oxygen atoms in total. The van der Waals surface area contributed by atoms with Crippen LogP contribution >= 0.6 is 0 Å². The molecular weight excluding hydrogens is 288 g/mol. The van der Waals surface area contributed by atoms with E-state index in [1.165, 1.54) is 10.5 Å². The molecule has 1 rings (SSSR count).